The second-order valence-corrected chi connectivity index (χ2v) is 6.59. The van der Waals surface area contributed by atoms with Crippen LogP contribution < -0.4 is 10.1 Å². The van der Waals surface area contributed by atoms with Gasteiger partial charge in [0.05, 0.1) is 12.7 Å². The van der Waals surface area contributed by atoms with Gasteiger partial charge in [-0.25, -0.2) is 13.4 Å². The summed E-state index contributed by atoms with van der Waals surface area (Å²) in [6.45, 7) is 4.45. The van der Waals surface area contributed by atoms with Crippen molar-refractivity contribution < 1.29 is 8.42 Å². The molecule has 2 heterocycles. The molecule has 0 saturated carbocycles. The number of piperazine rings is 1. The first-order valence-corrected chi connectivity index (χ1v) is 8.12. The lowest BCUT2D eigenvalue weighted by Gasteiger charge is -2.31. The average molecular weight is 302 g/mol. The summed E-state index contributed by atoms with van der Waals surface area (Å²) >= 11 is 0. The maximum absolute atomic E-state index is 12.2. The smallest absolute Gasteiger partial charge is 0.256 e. The van der Waals surface area contributed by atoms with Crippen LogP contribution in [0.1, 0.15) is 0 Å². The van der Waals surface area contributed by atoms with Crippen molar-refractivity contribution in [3.05, 3.63) is 12.4 Å². The van der Waals surface area contributed by atoms with E-state index in [0.717, 1.165) is 19.6 Å². The van der Waals surface area contributed by atoms with Crippen molar-refractivity contribution in [2.75, 3.05) is 46.8 Å². The molecule has 1 saturated heterocycles. The molecule has 20 heavy (non-hydrogen) atoms. The van der Waals surface area contributed by atoms with Crippen molar-refractivity contribution >= 4 is 10.0 Å². The lowest BCUT2D eigenvalue weighted by molar-refractivity contribution is 0.135. The Labute approximate surface area is 119 Å². The van der Waals surface area contributed by atoms with Crippen molar-refractivity contribution in [2.45, 2.75) is 11.4 Å². The molecular formula is C11H22N6O2S. The van der Waals surface area contributed by atoms with Crippen LogP contribution in [0.15, 0.2) is 17.3 Å². The molecule has 0 radical (unpaired) electrons. The molecule has 1 aliphatic heterocycles. The first-order chi connectivity index (χ1) is 9.51. The monoisotopic (exact) mass is 302 g/mol. The van der Waals surface area contributed by atoms with E-state index in [1.807, 2.05) is 14.1 Å². The summed E-state index contributed by atoms with van der Waals surface area (Å²) in [5.41, 5.74) is 0. The van der Waals surface area contributed by atoms with Gasteiger partial charge in [0.15, 0.2) is 0 Å². The number of rotatable bonds is 6. The number of nitrogens with zero attached hydrogens (tertiary/aromatic N) is 4. The highest BCUT2D eigenvalue weighted by Crippen LogP contribution is 2.08. The number of hydrazine groups is 1. The van der Waals surface area contributed by atoms with E-state index in [2.05, 4.69) is 20.1 Å². The number of nitrogens with one attached hydrogen (secondary N) is 2. The van der Waals surface area contributed by atoms with E-state index >= 15 is 0 Å². The second kappa shape index (κ2) is 6.64. The van der Waals surface area contributed by atoms with Gasteiger partial charge in [0.25, 0.3) is 10.0 Å². The number of aromatic nitrogens is 2. The first kappa shape index (κ1) is 15.4. The van der Waals surface area contributed by atoms with Gasteiger partial charge in [0.1, 0.15) is 4.90 Å². The topological polar surface area (TPSA) is 82.5 Å². The molecule has 2 N–H and O–H groups in total. The van der Waals surface area contributed by atoms with Crippen molar-refractivity contribution in [3.8, 4) is 0 Å². The van der Waals surface area contributed by atoms with Crippen LogP contribution >= 0.6 is 0 Å². The zero-order valence-electron chi connectivity index (χ0n) is 11.9. The number of hydrogen-bond donors (Lipinski definition) is 2. The Morgan fingerprint density at radius 3 is 2.65 bits per heavy atom. The molecule has 1 aromatic rings. The van der Waals surface area contributed by atoms with Gasteiger partial charge in [-0.1, -0.05) is 0 Å². The van der Waals surface area contributed by atoms with E-state index < -0.39 is 10.0 Å². The van der Waals surface area contributed by atoms with E-state index in [0.29, 0.717) is 19.6 Å². The minimum absolute atomic E-state index is 0.201. The van der Waals surface area contributed by atoms with E-state index in [1.54, 1.807) is 15.9 Å². The third-order valence-electron chi connectivity index (χ3n) is 3.26. The van der Waals surface area contributed by atoms with Crippen LogP contribution in [0.2, 0.25) is 0 Å². The Kier molecular flexibility index (Phi) is 5.11. The van der Waals surface area contributed by atoms with E-state index in [9.17, 15) is 8.42 Å². The Balaban J connectivity index is 1.97. The highest BCUT2D eigenvalue weighted by molar-refractivity contribution is 7.89. The molecule has 0 unspecified atom stereocenters. The van der Waals surface area contributed by atoms with Gasteiger partial charge in [-0.15, -0.1) is 4.83 Å². The number of sulfonamides is 1. The summed E-state index contributed by atoms with van der Waals surface area (Å²) in [5, 5.41) is 8.79. The SMILES string of the molecule is CNCCn1cc(S(=O)(=O)NN2CCN(C)CC2)cn1. The molecule has 0 spiro atoms. The van der Waals surface area contributed by atoms with Crippen LogP contribution in [0.3, 0.4) is 0 Å². The lowest BCUT2D eigenvalue weighted by Crippen LogP contribution is -2.52. The summed E-state index contributed by atoms with van der Waals surface area (Å²) in [6, 6.07) is 0. The molecule has 8 nitrogen and oxygen atoms in total. The molecular weight excluding hydrogens is 280 g/mol. The summed E-state index contributed by atoms with van der Waals surface area (Å²) in [5.74, 6) is 0. The molecule has 0 bridgehead atoms. The molecule has 1 fully saturated rings. The quantitative estimate of drug-likeness (QED) is 0.668. The van der Waals surface area contributed by atoms with Gasteiger partial charge >= 0.3 is 0 Å². The standard InChI is InChI=1S/C11H22N6O2S/c1-12-3-4-17-10-11(9-13-17)20(18,19)14-16-7-5-15(2)6-8-16/h9-10,12,14H,3-8H2,1-2H3. The molecule has 1 aromatic heterocycles. The van der Waals surface area contributed by atoms with Gasteiger partial charge in [0, 0.05) is 38.9 Å². The van der Waals surface area contributed by atoms with E-state index in [1.165, 1.54) is 6.20 Å². The molecule has 1 aliphatic rings. The highest BCUT2D eigenvalue weighted by Gasteiger charge is 2.22. The third-order valence-corrected chi connectivity index (χ3v) is 4.59. The summed E-state index contributed by atoms with van der Waals surface area (Å²) in [7, 11) is 0.341. The van der Waals surface area contributed by atoms with Crippen LogP contribution in [-0.4, -0.2) is 74.9 Å². The van der Waals surface area contributed by atoms with Crippen molar-refractivity contribution in [1.29, 1.82) is 0 Å². The van der Waals surface area contributed by atoms with E-state index in [4.69, 9.17) is 0 Å². The Morgan fingerprint density at radius 2 is 2.00 bits per heavy atom. The summed E-state index contributed by atoms with van der Waals surface area (Å²) in [6.07, 6.45) is 2.93. The van der Waals surface area contributed by atoms with Gasteiger partial charge in [0.2, 0.25) is 0 Å². The fraction of sp³-hybridized carbons (Fsp3) is 0.727. The highest BCUT2D eigenvalue weighted by atomic mass is 32.2. The predicted octanol–water partition coefficient (Wildman–Crippen LogP) is -1.46. The molecule has 0 amide bonds. The second-order valence-electron chi connectivity index (χ2n) is 4.93. The predicted molar refractivity (Wildman–Crippen MR) is 75.5 cm³/mol. The fourth-order valence-electron chi connectivity index (χ4n) is 1.95. The van der Waals surface area contributed by atoms with Gasteiger partial charge in [-0.3, -0.25) is 4.68 Å². The minimum atomic E-state index is -3.53. The van der Waals surface area contributed by atoms with Gasteiger partial charge < -0.3 is 10.2 Å². The molecule has 0 aromatic carbocycles. The Bertz CT molecular complexity index is 521. The van der Waals surface area contributed by atoms with Crippen molar-refractivity contribution in [3.63, 3.8) is 0 Å². The maximum atomic E-state index is 12.2. The van der Waals surface area contributed by atoms with Gasteiger partial charge in [-0.2, -0.15) is 5.10 Å². The molecule has 0 atom stereocenters. The normalized spacial score (nSPS) is 18.5. The van der Waals surface area contributed by atoms with Gasteiger partial charge in [-0.05, 0) is 14.1 Å². The third kappa shape index (κ3) is 4.00. The zero-order valence-corrected chi connectivity index (χ0v) is 12.7. The zero-order chi connectivity index (χ0) is 14.6. The van der Waals surface area contributed by atoms with Crippen LogP contribution in [0, 0.1) is 0 Å². The molecule has 114 valence electrons. The maximum Gasteiger partial charge on any atom is 0.256 e. The molecule has 0 aliphatic carbocycles. The summed E-state index contributed by atoms with van der Waals surface area (Å²) in [4.78, 5) is 4.98. The Hall–Kier alpha value is -1.00. The number of likely N-dealkylation sites (N-methyl/N-ethyl adjacent to an activating group) is 2. The van der Waals surface area contributed by atoms with E-state index in [-0.39, 0.29) is 4.90 Å². The number of hydrogen-bond acceptors (Lipinski definition) is 6. The van der Waals surface area contributed by atoms with Crippen molar-refractivity contribution in [1.82, 2.24) is 29.8 Å². The van der Waals surface area contributed by atoms with Crippen LogP contribution in [-0.2, 0) is 16.6 Å². The average Bonchev–Trinajstić information content (AvgIpc) is 2.88. The summed E-state index contributed by atoms with van der Waals surface area (Å²) < 4.78 is 26.1. The van der Waals surface area contributed by atoms with Crippen LogP contribution in [0.4, 0.5) is 0 Å². The lowest BCUT2D eigenvalue weighted by atomic mass is 10.4. The minimum Gasteiger partial charge on any atom is -0.318 e. The molecule has 9 heteroatoms. The fourth-order valence-corrected chi connectivity index (χ4v) is 3.03. The first-order valence-electron chi connectivity index (χ1n) is 6.64. The van der Waals surface area contributed by atoms with Crippen molar-refractivity contribution in [2.24, 2.45) is 0 Å². The molecule has 2 rings (SSSR count). The van der Waals surface area contributed by atoms with Crippen LogP contribution in [0.5, 0.6) is 0 Å². The largest absolute Gasteiger partial charge is 0.318 e. The Morgan fingerprint density at radius 1 is 1.30 bits per heavy atom. The van der Waals surface area contributed by atoms with Crippen LogP contribution in [0.25, 0.3) is 0 Å².